The Labute approximate surface area is 100 Å². The van der Waals surface area contributed by atoms with Gasteiger partial charge in [-0.1, -0.05) is 0 Å². The summed E-state index contributed by atoms with van der Waals surface area (Å²) in [5.74, 6) is -0.970. The molecule has 1 saturated heterocycles. The van der Waals surface area contributed by atoms with Crippen LogP contribution in [0.15, 0.2) is 16.7 Å². The van der Waals surface area contributed by atoms with Gasteiger partial charge in [-0.2, -0.15) is 0 Å². The van der Waals surface area contributed by atoms with E-state index >= 15 is 0 Å². The van der Waals surface area contributed by atoms with Gasteiger partial charge < -0.3 is 19.7 Å². The second kappa shape index (κ2) is 5.33. The Morgan fingerprint density at radius 1 is 1.71 bits per heavy atom. The molecule has 0 aromatic carbocycles. The van der Waals surface area contributed by atoms with Crippen molar-refractivity contribution in [2.24, 2.45) is 0 Å². The zero-order valence-electron chi connectivity index (χ0n) is 9.98. The number of carboxylic acid groups (broad SMARTS) is 1. The number of nitrogens with zero attached hydrogens (tertiary/aromatic N) is 1. The lowest BCUT2D eigenvalue weighted by Gasteiger charge is -2.19. The summed E-state index contributed by atoms with van der Waals surface area (Å²) in [4.78, 5) is 13.2. The first kappa shape index (κ1) is 12.1. The molecule has 2 N–H and O–H groups in total. The maximum absolute atomic E-state index is 10.8. The molecule has 17 heavy (non-hydrogen) atoms. The van der Waals surface area contributed by atoms with Crippen molar-refractivity contribution in [1.82, 2.24) is 10.2 Å². The first-order chi connectivity index (χ1) is 8.18. The van der Waals surface area contributed by atoms with Crippen molar-refractivity contribution in [1.29, 1.82) is 0 Å². The van der Waals surface area contributed by atoms with Crippen LogP contribution in [0.1, 0.15) is 29.0 Å². The topological polar surface area (TPSA) is 65.7 Å². The van der Waals surface area contributed by atoms with Gasteiger partial charge in [0.2, 0.25) is 5.76 Å². The summed E-state index contributed by atoms with van der Waals surface area (Å²) in [6.45, 7) is 2.58. The van der Waals surface area contributed by atoms with Crippen LogP contribution in [0.25, 0.3) is 0 Å². The van der Waals surface area contributed by atoms with Crippen molar-refractivity contribution in [2.45, 2.75) is 25.4 Å². The molecule has 1 fully saturated rings. The van der Waals surface area contributed by atoms with Crippen molar-refractivity contribution in [3.05, 3.63) is 23.7 Å². The van der Waals surface area contributed by atoms with Gasteiger partial charge in [0.25, 0.3) is 0 Å². The lowest BCUT2D eigenvalue weighted by atomic mass is 10.2. The Morgan fingerprint density at radius 3 is 3.18 bits per heavy atom. The van der Waals surface area contributed by atoms with Gasteiger partial charge in [-0.15, -0.1) is 0 Å². The lowest BCUT2D eigenvalue weighted by molar-refractivity contribution is 0.0660. The van der Waals surface area contributed by atoms with Crippen molar-refractivity contribution >= 4 is 5.97 Å². The van der Waals surface area contributed by atoms with E-state index in [1.54, 1.807) is 6.07 Å². The van der Waals surface area contributed by atoms with E-state index in [1.807, 2.05) is 0 Å². The Bertz CT molecular complexity index is 389. The molecule has 0 spiro atoms. The number of furan rings is 1. The number of hydrogen-bond acceptors (Lipinski definition) is 4. The maximum Gasteiger partial charge on any atom is 0.372 e. The predicted molar refractivity (Wildman–Crippen MR) is 63.0 cm³/mol. The van der Waals surface area contributed by atoms with Crippen LogP contribution in [0.4, 0.5) is 0 Å². The summed E-state index contributed by atoms with van der Waals surface area (Å²) >= 11 is 0. The first-order valence-corrected chi connectivity index (χ1v) is 5.89. The molecule has 94 valence electrons. The molecule has 1 aliphatic heterocycles. The van der Waals surface area contributed by atoms with Crippen LogP contribution in [0.2, 0.25) is 0 Å². The van der Waals surface area contributed by atoms with Gasteiger partial charge in [-0.25, -0.2) is 4.79 Å². The average Bonchev–Trinajstić information content (AvgIpc) is 2.88. The lowest BCUT2D eigenvalue weighted by Crippen LogP contribution is -2.35. The van der Waals surface area contributed by atoms with Gasteiger partial charge in [-0.05, 0) is 32.5 Å². The molecular weight excluding hydrogens is 220 g/mol. The summed E-state index contributed by atoms with van der Waals surface area (Å²) in [6, 6.07) is 2.27. The normalized spacial score (nSPS) is 20.9. The first-order valence-electron chi connectivity index (χ1n) is 5.89. The standard InChI is InChI=1S/C12H18N2O3/c1-14-5-2-3-10(14)8-13-7-9-4-6-17-11(9)12(15)16/h4,6,10,13H,2-3,5,7-8H2,1H3,(H,15,16). The van der Waals surface area contributed by atoms with Crippen LogP contribution in [0.5, 0.6) is 0 Å². The molecule has 1 aromatic heterocycles. The Morgan fingerprint density at radius 2 is 2.53 bits per heavy atom. The monoisotopic (exact) mass is 238 g/mol. The fourth-order valence-corrected chi connectivity index (χ4v) is 2.27. The zero-order chi connectivity index (χ0) is 12.3. The van der Waals surface area contributed by atoms with Crippen molar-refractivity contribution in [3.8, 4) is 0 Å². The van der Waals surface area contributed by atoms with E-state index in [-0.39, 0.29) is 5.76 Å². The molecule has 5 heteroatoms. The molecule has 0 bridgehead atoms. The molecule has 1 aromatic rings. The number of hydrogen-bond donors (Lipinski definition) is 2. The van der Waals surface area contributed by atoms with Gasteiger partial charge in [0.1, 0.15) is 0 Å². The van der Waals surface area contributed by atoms with Crippen molar-refractivity contribution in [3.63, 3.8) is 0 Å². The van der Waals surface area contributed by atoms with Gasteiger partial charge in [0.05, 0.1) is 6.26 Å². The van der Waals surface area contributed by atoms with E-state index in [0.29, 0.717) is 18.2 Å². The SMILES string of the molecule is CN1CCCC1CNCc1ccoc1C(=O)O. The minimum atomic E-state index is -1.01. The number of nitrogens with one attached hydrogen (secondary N) is 1. The molecule has 1 aliphatic rings. The Kier molecular flexibility index (Phi) is 3.81. The average molecular weight is 238 g/mol. The summed E-state index contributed by atoms with van der Waals surface area (Å²) in [5.41, 5.74) is 0.707. The highest BCUT2D eigenvalue weighted by Gasteiger charge is 2.20. The van der Waals surface area contributed by atoms with Crippen LogP contribution >= 0.6 is 0 Å². The number of rotatable bonds is 5. The van der Waals surface area contributed by atoms with E-state index in [0.717, 1.165) is 13.1 Å². The fourth-order valence-electron chi connectivity index (χ4n) is 2.27. The molecule has 0 radical (unpaired) electrons. The Hall–Kier alpha value is -1.33. The molecule has 2 heterocycles. The maximum atomic E-state index is 10.8. The molecule has 2 rings (SSSR count). The molecule has 0 aliphatic carbocycles. The third-order valence-corrected chi connectivity index (χ3v) is 3.31. The summed E-state index contributed by atoms with van der Waals surface area (Å²) in [6.07, 6.45) is 3.87. The molecule has 1 atom stereocenters. The van der Waals surface area contributed by atoms with E-state index < -0.39 is 5.97 Å². The quantitative estimate of drug-likeness (QED) is 0.806. The van der Waals surface area contributed by atoms with E-state index in [9.17, 15) is 4.79 Å². The van der Waals surface area contributed by atoms with Gasteiger partial charge in [0.15, 0.2) is 0 Å². The van der Waals surface area contributed by atoms with Gasteiger partial charge in [0, 0.05) is 24.7 Å². The summed E-state index contributed by atoms with van der Waals surface area (Å²) < 4.78 is 4.92. The molecule has 0 amide bonds. The summed E-state index contributed by atoms with van der Waals surface area (Å²) in [7, 11) is 2.12. The van der Waals surface area contributed by atoms with Crippen LogP contribution in [-0.2, 0) is 6.54 Å². The minimum absolute atomic E-state index is 0.0391. The minimum Gasteiger partial charge on any atom is -0.475 e. The molecule has 5 nitrogen and oxygen atoms in total. The number of carbonyl (C=O) groups is 1. The van der Waals surface area contributed by atoms with E-state index in [2.05, 4.69) is 17.3 Å². The van der Waals surface area contributed by atoms with Crippen molar-refractivity contribution in [2.75, 3.05) is 20.1 Å². The highest BCUT2D eigenvalue weighted by Crippen LogP contribution is 2.14. The smallest absolute Gasteiger partial charge is 0.372 e. The van der Waals surface area contributed by atoms with Crippen LogP contribution in [0.3, 0.4) is 0 Å². The fraction of sp³-hybridized carbons (Fsp3) is 0.583. The van der Waals surface area contributed by atoms with Crippen LogP contribution in [-0.4, -0.2) is 42.2 Å². The summed E-state index contributed by atoms with van der Waals surface area (Å²) in [5, 5.41) is 12.2. The van der Waals surface area contributed by atoms with Crippen molar-refractivity contribution < 1.29 is 14.3 Å². The largest absolute Gasteiger partial charge is 0.475 e. The predicted octanol–water partition coefficient (Wildman–Crippen LogP) is 1.16. The molecule has 0 saturated carbocycles. The Balaban J connectivity index is 1.81. The highest BCUT2D eigenvalue weighted by atomic mass is 16.4. The third kappa shape index (κ3) is 2.87. The second-order valence-electron chi connectivity index (χ2n) is 4.49. The number of likely N-dealkylation sites (tertiary alicyclic amines) is 1. The third-order valence-electron chi connectivity index (χ3n) is 3.31. The molecular formula is C12H18N2O3. The van der Waals surface area contributed by atoms with Crippen LogP contribution < -0.4 is 5.32 Å². The van der Waals surface area contributed by atoms with Gasteiger partial charge >= 0.3 is 5.97 Å². The van der Waals surface area contributed by atoms with E-state index in [4.69, 9.17) is 9.52 Å². The second-order valence-corrected chi connectivity index (χ2v) is 4.49. The number of carboxylic acids is 1. The van der Waals surface area contributed by atoms with Gasteiger partial charge in [-0.3, -0.25) is 0 Å². The molecule has 1 unspecified atom stereocenters. The number of aromatic carboxylic acids is 1. The highest BCUT2D eigenvalue weighted by molar-refractivity contribution is 5.86. The van der Waals surface area contributed by atoms with E-state index in [1.165, 1.54) is 19.1 Å². The van der Waals surface area contributed by atoms with Crippen LogP contribution in [0, 0.1) is 0 Å². The zero-order valence-corrected chi connectivity index (χ0v) is 9.98. The number of likely N-dealkylation sites (N-methyl/N-ethyl adjacent to an activating group) is 1.